The van der Waals surface area contributed by atoms with Crippen molar-refractivity contribution in [3.05, 3.63) is 35.0 Å². The summed E-state index contributed by atoms with van der Waals surface area (Å²) in [6.07, 6.45) is 2.55. The zero-order valence-electron chi connectivity index (χ0n) is 13.7. The van der Waals surface area contributed by atoms with Crippen LogP contribution in [0.4, 0.5) is 0 Å². The molecular formula is C16H22N4O3. The average Bonchev–Trinajstić information content (AvgIpc) is 3.15. The average molecular weight is 318 g/mol. The van der Waals surface area contributed by atoms with Crippen molar-refractivity contribution in [3.8, 4) is 0 Å². The Hall–Kier alpha value is -2.15. The lowest BCUT2D eigenvalue weighted by Gasteiger charge is -2.34. The number of aromatic nitrogens is 3. The van der Waals surface area contributed by atoms with E-state index in [1.54, 1.807) is 17.2 Å². The minimum absolute atomic E-state index is 0.158. The number of aryl methyl sites for hydroxylation is 1. The normalized spacial score (nSPS) is 18.6. The molecule has 1 N–H and O–H groups in total. The molecule has 0 aliphatic carbocycles. The van der Waals surface area contributed by atoms with E-state index in [0.29, 0.717) is 25.7 Å². The van der Waals surface area contributed by atoms with E-state index in [-0.39, 0.29) is 17.7 Å². The van der Waals surface area contributed by atoms with E-state index in [1.807, 2.05) is 6.92 Å². The van der Waals surface area contributed by atoms with Crippen LogP contribution in [0.5, 0.6) is 0 Å². The van der Waals surface area contributed by atoms with Gasteiger partial charge in [-0.1, -0.05) is 19.0 Å². The van der Waals surface area contributed by atoms with Crippen molar-refractivity contribution in [2.45, 2.75) is 33.2 Å². The maximum Gasteiger partial charge on any atom is 0.293 e. The zero-order valence-corrected chi connectivity index (χ0v) is 13.7. The first-order chi connectivity index (χ1) is 11.1. The molecule has 3 heterocycles. The van der Waals surface area contributed by atoms with Crippen LogP contribution in [0.1, 0.15) is 47.4 Å². The van der Waals surface area contributed by atoms with Gasteiger partial charge in [-0.15, -0.1) is 0 Å². The molecule has 23 heavy (non-hydrogen) atoms. The molecule has 0 spiro atoms. The first kappa shape index (κ1) is 15.7. The van der Waals surface area contributed by atoms with Gasteiger partial charge in [0.1, 0.15) is 0 Å². The van der Waals surface area contributed by atoms with Crippen LogP contribution in [0, 0.1) is 12.8 Å². The molecule has 7 nitrogen and oxygen atoms in total. The van der Waals surface area contributed by atoms with Crippen molar-refractivity contribution in [2.75, 3.05) is 19.8 Å². The number of carbonyl (C=O) groups is 1. The molecule has 7 heteroatoms. The van der Waals surface area contributed by atoms with E-state index < -0.39 is 0 Å². The van der Waals surface area contributed by atoms with Crippen molar-refractivity contribution in [1.29, 1.82) is 0 Å². The topological polar surface area (TPSA) is 84.2 Å². The third-order valence-corrected chi connectivity index (χ3v) is 3.98. The lowest BCUT2D eigenvalue weighted by atomic mass is 10.1. The SMILES string of the molecule is Cc1cn[nH]c1C1COCCN1C(=O)c1cc(CC(C)C)no1. The van der Waals surface area contributed by atoms with Crippen LogP contribution in [0.3, 0.4) is 0 Å². The number of aromatic amines is 1. The van der Waals surface area contributed by atoms with E-state index in [1.165, 1.54) is 0 Å². The smallest absolute Gasteiger partial charge is 0.293 e. The molecule has 1 unspecified atom stereocenters. The summed E-state index contributed by atoms with van der Waals surface area (Å²) in [6.45, 7) is 7.65. The Kier molecular flexibility index (Phi) is 4.47. The number of amides is 1. The monoisotopic (exact) mass is 318 g/mol. The lowest BCUT2D eigenvalue weighted by molar-refractivity contribution is -0.00600. The second-order valence-corrected chi connectivity index (χ2v) is 6.34. The molecule has 0 bridgehead atoms. The van der Waals surface area contributed by atoms with Gasteiger partial charge in [-0.2, -0.15) is 5.10 Å². The number of H-pyrrole nitrogens is 1. The van der Waals surface area contributed by atoms with E-state index >= 15 is 0 Å². The van der Waals surface area contributed by atoms with Gasteiger partial charge in [0.15, 0.2) is 0 Å². The minimum Gasteiger partial charge on any atom is -0.377 e. The second-order valence-electron chi connectivity index (χ2n) is 6.34. The standard InChI is InChI=1S/C16H22N4O3/c1-10(2)6-12-7-14(23-19-12)16(21)20-4-5-22-9-13(20)15-11(3)8-17-18-15/h7-8,10,13H,4-6,9H2,1-3H3,(H,17,18). The summed E-state index contributed by atoms with van der Waals surface area (Å²) in [4.78, 5) is 14.6. The van der Waals surface area contributed by atoms with Crippen LogP contribution in [-0.2, 0) is 11.2 Å². The van der Waals surface area contributed by atoms with Crippen LogP contribution >= 0.6 is 0 Å². The number of hydrogen-bond acceptors (Lipinski definition) is 5. The van der Waals surface area contributed by atoms with E-state index in [9.17, 15) is 4.79 Å². The maximum absolute atomic E-state index is 12.8. The number of ether oxygens (including phenoxy) is 1. The molecular weight excluding hydrogens is 296 g/mol. The second kappa shape index (κ2) is 6.54. The first-order valence-electron chi connectivity index (χ1n) is 7.90. The van der Waals surface area contributed by atoms with Crippen molar-refractivity contribution in [3.63, 3.8) is 0 Å². The van der Waals surface area contributed by atoms with Crippen LogP contribution < -0.4 is 0 Å². The van der Waals surface area contributed by atoms with Gasteiger partial charge >= 0.3 is 0 Å². The summed E-state index contributed by atoms with van der Waals surface area (Å²) < 4.78 is 10.8. The largest absolute Gasteiger partial charge is 0.377 e. The van der Waals surface area contributed by atoms with Gasteiger partial charge in [0.2, 0.25) is 5.76 Å². The highest BCUT2D eigenvalue weighted by Crippen LogP contribution is 2.26. The maximum atomic E-state index is 12.8. The molecule has 2 aromatic rings. The first-order valence-corrected chi connectivity index (χ1v) is 7.90. The Bertz CT molecular complexity index is 676. The summed E-state index contributed by atoms with van der Waals surface area (Å²) in [7, 11) is 0. The Morgan fingerprint density at radius 2 is 2.35 bits per heavy atom. The quantitative estimate of drug-likeness (QED) is 0.933. The number of rotatable bonds is 4. The summed E-state index contributed by atoms with van der Waals surface area (Å²) >= 11 is 0. The molecule has 1 atom stereocenters. The van der Waals surface area contributed by atoms with Crippen molar-refractivity contribution < 1.29 is 14.1 Å². The third-order valence-electron chi connectivity index (χ3n) is 3.98. The molecule has 1 aliphatic rings. The van der Waals surface area contributed by atoms with E-state index in [0.717, 1.165) is 23.4 Å². The van der Waals surface area contributed by atoms with E-state index in [4.69, 9.17) is 9.26 Å². The highest BCUT2D eigenvalue weighted by molar-refractivity contribution is 5.91. The third kappa shape index (κ3) is 3.29. The fraction of sp³-hybridized carbons (Fsp3) is 0.562. The van der Waals surface area contributed by atoms with Crippen LogP contribution in [0.25, 0.3) is 0 Å². The Morgan fingerprint density at radius 1 is 1.52 bits per heavy atom. The fourth-order valence-corrected chi connectivity index (χ4v) is 2.85. The summed E-state index contributed by atoms with van der Waals surface area (Å²) in [6, 6.07) is 1.56. The lowest BCUT2D eigenvalue weighted by Crippen LogP contribution is -2.43. The van der Waals surface area contributed by atoms with Gasteiger partial charge in [-0.3, -0.25) is 9.89 Å². The van der Waals surface area contributed by atoms with Gasteiger partial charge in [0.25, 0.3) is 5.91 Å². The Balaban J connectivity index is 1.81. The molecule has 124 valence electrons. The van der Waals surface area contributed by atoms with Gasteiger partial charge in [0, 0.05) is 12.6 Å². The molecule has 3 rings (SSSR count). The number of nitrogens with one attached hydrogen (secondary N) is 1. The Labute approximate surface area is 135 Å². The number of morpholine rings is 1. The van der Waals surface area contributed by atoms with Crippen LogP contribution in [-0.4, -0.2) is 45.9 Å². The summed E-state index contributed by atoms with van der Waals surface area (Å²) in [5.74, 6) is 0.589. The highest BCUT2D eigenvalue weighted by Gasteiger charge is 2.33. The van der Waals surface area contributed by atoms with Gasteiger partial charge in [0.05, 0.1) is 36.8 Å². The molecule has 1 aliphatic heterocycles. The molecule has 0 saturated carbocycles. The van der Waals surface area contributed by atoms with Crippen LogP contribution in [0.2, 0.25) is 0 Å². The molecule has 1 saturated heterocycles. The number of nitrogens with zero attached hydrogens (tertiary/aromatic N) is 3. The molecule has 0 radical (unpaired) electrons. The summed E-state index contributed by atoms with van der Waals surface area (Å²) in [5, 5.41) is 11.0. The van der Waals surface area contributed by atoms with Crippen molar-refractivity contribution in [2.24, 2.45) is 5.92 Å². The number of carbonyl (C=O) groups excluding carboxylic acids is 1. The predicted octanol–water partition coefficient (Wildman–Crippen LogP) is 2.12. The molecule has 1 fully saturated rings. The van der Waals surface area contributed by atoms with Gasteiger partial charge in [-0.05, 0) is 24.8 Å². The minimum atomic E-state index is -0.183. The van der Waals surface area contributed by atoms with Gasteiger partial charge in [-0.25, -0.2) is 0 Å². The number of hydrogen-bond donors (Lipinski definition) is 1. The van der Waals surface area contributed by atoms with Crippen molar-refractivity contribution in [1.82, 2.24) is 20.3 Å². The summed E-state index contributed by atoms with van der Waals surface area (Å²) in [5.41, 5.74) is 2.72. The Morgan fingerprint density at radius 3 is 3.04 bits per heavy atom. The van der Waals surface area contributed by atoms with Crippen LogP contribution in [0.15, 0.2) is 16.8 Å². The van der Waals surface area contributed by atoms with E-state index in [2.05, 4.69) is 29.2 Å². The van der Waals surface area contributed by atoms with Crippen molar-refractivity contribution >= 4 is 5.91 Å². The fourth-order valence-electron chi connectivity index (χ4n) is 2.85. The predicted molar refractivity (Wildman–Crippen MR) is 83.0 cm³/mol. The zero-order chi connectivity index (χ0) is 16.4. The highest BCUT2D eigenvalue weighted by atomic mass is 16.5. The van der Waals surface area contributed by atoms with Gasteiger partial charge < -0.3 is 14.2 Å². The molecule has 0 aromatic carbocycles. The molecule has 2 aromatic heterocycles. The molecule has 1 amide bonds.